The molecule has 4 heteroatoms. The minimum Gasteiger partial charge on any atom is -0.363 e. The van der Waals surface area contributed by atoms with Crippen molar-refractivity contribution in [1.29, 1.82) is 0 Å². The zero-order chi connectivity index (χ0) is 12.7. The fraction of sp³-hybridized carbons (Fsp3) is 0.571. The summed E-state index contributed by atoms with van der Waals surface area (Å²) in [5.41, 5.74) is 7.16. The lowest BCUT2D eigenvalue weighted by molar-refractivity contribution is 0.271. The van der Waals surface area contributed by atoms with E-state index >= 15 is 0 Å². The van der Waals surface area contributed by atoms with Crippen LogP contribution in [0.1, 0.15) is 32.1 Å². The zero-order valence-corrected chi connectivity index (χ0v) is 11.8. The molecule has 2 fully saturated rings. The first-order valence-electron chi connectivity index (χ1n) is 6.64. The highest BCUT2D eigenvalue weighted by atomic mass is 35.5. The molecule has 2 nitrogen and oxygen atoms in total. The molecule has 2 heterocycles. The molecule has 2 atom stereocenters. The molecule has 18 heavy (non-hydrogen) atoms. The summed E-state index contributed by atoms with van der Waals surface area (Å²) in [5, 5.41) is 1.52. The van der Waals surface area contributed by atoms with Gasteiger partial charge in [0.05, 0.1) is 15.7 Å². The predicted molar refractivity (Wildman–Crippen MR) is 77.6 cm³/mol. The first-order chi connectivity index (χ1) is 8.66. The standard InChI is InChI=1S/C14H18Cl2N2/c15-12-5-2-6-13(16)14(12)18-10-3-1-4-11(18)8-9(17)7-10/h2,5-6,9-11H,1,3-4,7-8,17H2. The topological polar surface area (TPSA) is 29.3 Å². The Balaban J connectivity index is 2.00. The van der Waals surface area contributed by atoms with Crippen molar-refractivity contribution in [1.82, 2.24) is 0 Å². The van der Waals surface area contributed by atoms with Gasteiger partial charge in [0.25, 0.3) is 0 Å². The van der Waals surface area contributed by atoms with E-state index in [1.807, 2.05) is 18.2 Å². The van der Waals surface area contributed by atoms with Crippen molar-refractivity contribution in [2.24, 2.45) is 5.73 Å². The molecule has 0 aliphatic carbocycles. The number of anilines is 1. The number of nitrogens with two attached hydrogens (primary N) is 1. The van der Waals surface area contributed by atoms with Gasteiger partial charge in [-0.05, 0) is 44.2 Å². The van der Waals surface area contributed by atoms with Crippen LogP contribution in [-0.2, 0) is 0 Å². The fourth-order valence-electron chi connectivity index (χ4n) is 3.52. The number of nitrogens with zero attached hydrogens (tertiary/aromatic N) is 1. The van der Waals surface area contributed by atoms with Gasteiger partial charge in [0.1, 0.15) is 0 Å². The number of rotatable bonds is 1. The minimum absolute atomic E-state index is 0.331. The maximum atomic E-state index is 6.35. The molecule has 0 amide bonds. The SMILES string of the molecule is NC1CC2CCCC(C1)N2c1c(Cl)cccc1Cl. The lowest BCUT2D eigenvalue weighted by Crippen LogP contribution is -2.55. The van der Waals surface area contributed by atoms with Crippen molar-refractivity contribution in [3.05, 3.63) is 28.2 Å². The molecule has 1 aromatic rings. The van der Waals surface area contributed by atoms with E-state index in [4.69, 9.17) is 28.9 Å². The second-order valence-corrected chi connectivity index (χ2v) is 6.26. The molecule has 2 aliphatic heterocycles. The average Bonchev–Trinajstić information content (AvgIpc) is 2.29. The molecule has 2 N–H and O–H groups in total. The Morgan fingerprint density at radius 3 is 2.17 bits per heavy atom. The Labute approximate surface area is 118 Å². The molecule has 0 saturated carbocycles. The van der Waals surface area contributed by atoms with E-state index in [1.165, 1.54) is 19.3 Å². The molecule has 98 valence electrons. The van der Waals surface area contributed by atoms with Gasteiger partial charge in [-0.25, -0.2) is 0 Å². The van der Waals surface area contributed by atoms with Gasteiger partial charge in [0.15, 0.2) is 0 Å². The van der Waals surface area contributed by atoms with E-state index in [-0.39, 0.29) is 0 Å². The second-order valence-electron chi connectivity index (χ2n) is 5.45. The lowest BCUT2D eigenvalue weighted by atomic mass is 9.81. The van der Waals surface area contributed by atoms with Crippen molar-refractivity contribution < 1.29 is 0 Å². The Bertz CT molecular complexity index is 415. The summed E-state index contributed by atoms with van der Waals surface area (Å²) in [7, 11) is 0. The molecule has 2 aliphatic rings. The number of halogens is 2. The molecular formula is C14H18Cl2N2. The van der Waals surface area contributed by atoms with Crippen LogP contribution in [0.3, 0.4) is 0 Å². The molecule has 3 rings (SSSR count). The summed E-state index contributed by atoms with van der Waals surface area (Å²) < 4.78 is 0. The van der Waals surface area contributed by atoms with Crippen LogP contribution < -0.4 is 10.6 Å². The van der Waals surface area contributed by atoms with Crippen molar-refractivity contribution in [3.8, 4) is 0 Å². The van der Waals surface area contributed by atoms with Crippen molar-refractivity contribution in [2.45, 2.75) is 50.2 Å². The Hall–Kier alpha value is -0.440. The molecule has 0 aromatic heterocycles. The molecule has 0 spiro atoms. The number of hydrogen-bond donors (Lipinski definition) is 1. The predicted octanol–water partition coefficient (Wildman–Crippen LogP) is 3.84. The van der Waals surface area contributed by atoms with Gasteiger partial charge in [-0.3, -0.25) is 0 Å². The summed E-state index contributed by atoms with van der Waals surface area (Å²) in [6.45, 7) is 0. The molecule has 2 saturated heterocycles. The molecule has 1 aromatic carbocycles. The highest BCUT2D eigenvalue weighted by Crippen LogP contribution is 2.43. The Morgan fingerprint density at radius 1 is 1.06 bits per heavy atom. The molecule has 2 bridgehead atoms. The zero-order valence-electron chi connectivity index (χ0n) is 10.3. The summed E-state index contributed by atoms with van der Waals surface area (Å²) in [5.74, 6) is 0. The van der Waals surface area contributed by atoms with Crippen LogP contribution in [0.5, 0.6) is 0 Å². The fourth-order valence-corrected chi connectivity index (χ4v) is 4.12. The van der Waals surface area contributed by atoms with Crippen LogP contribution in [0.15, 0.2) is 18.2 Å². The van der Waals surface area contributed by atoms with Crippen molar-refractivity contribution >= 4 is 28.9 Å². The summed E-state index contributed by atoms with van der Waals surface area (Å²) >= 11 is 12.7. The number of piperidine rings is 2. The van der Waals surface area contributed by atoms with Crippen LogP contribution in [0.25, 0.3) is 0 Å². The Kier molecular flexibility index (Phi) is 3.44. The van der Waals surface area contributed by atoms with Gasteiger partial charge in [-0.2, -0.15) is 0 Å². The van der Waals surface area contributed by atoms with Crippen LogP contribution in [0, 0.1) is 0 Å². The molecule has 0 radical (unpaired) electrons. The summed E-state index contributed by atoms with van der Waals surface area (Å²) in [6, 6.07) is 7.09. The van der Waals surface area contributed by atoms with Crippen molar-refractivity contribution in [2.75, 3.05) is 4.90 Å². The second kappa shape index (κ2) is 4.92. The monoisotopic (exact) mass is 284 g/mol. The van der Waals surface area contributed by atoms with Crippen LogP contribution in [0.4, 0.5) is 5.69 Å². The third-order valence-corrected chi connectivity index (χ3v) is 4.82. The van der Waals surface area contributed by atoms with Gasteiger partial charge in [0.2, 0.25) is 0 Å². The normalized spacial score (nSPS) is 31.5. The average molecular weight is 285 g/mol. The highest BCUT2D eigenvalue weighted by Gasteiger charge is 2.38. The van der Waals surface area contributed by atoms with Crippen LogP contribution >= 0.6 is 23.2 Å². The maximum Gasteiger partial charge on any atom is 0.0749 e. The number of hydrogen-bond acceptors (Lipinski definition) is 2. The largest absolute Gasteiger partial charge is 0.363 e. The first-order valence-corrected chi connectivity index (χ1v) is 7.40. The summed E-state index contributed by atoms with van der Waals surface area (Å²) in [6.07, 6.45) is 5.80. The summed E-state index contributed by atoms with van der Waals surface area (Å²) in [4.78, 5) is 2.44. The van der Waals surface area contributed by atoms with Gasteiger partial charge in [0, 0.05) is 18.1 Å². The third kappa shape index (κ3) is 2.11. The minimum atomic E-state index is 0.331. The number of para-hydroxylation sites is 1. The quantitative estimate of drug-likeness (QED) is 0.849. The van der Waals surface area contributed by atoms with E-state index in [0.29, 0.717) is 18.1 Å². The van der Waals surface area contributed by atoms with Gasteiger partial charge < -0.3 is 10.6 Å². The highest BCUT2D eigenvalue weighted by molar-refractivity contribution is 6.39. The van der Waals surface area contributed by atoms with E-state index in [1.54, 1.807) is 0 Å². The lowest BCUT2D eigenvalue weighted by Gasteiger charge is -2.50. The molecule has 2 unspecified atom stereocenters. The van der Waals surface area contributed by atoms with E-state index < -0.39 is 0 Å². The van der Waals surface area contributed by atoms with E-state index in [0.717, 1.165) is 28.6 Å². The van der Waals surface area contributed by atoms with Gasteiger partial charge in [-0.1, -0.05) is 29.3 Å². The van der Waals surface area contributed by atoms with E-state index in [9.17, 15) is 0 Å². The smallest absolute Gasteiger partial charge is 0.0749 e. The maximum absolute atomic E-state index is 6.35. The molecular weight excluding hydrogens is 267 g/mol. The van der Waals surface area contributed by atoms with Crippen LogP contribution in [-0.4, -0.2) is 18.1 Å². The van der Waals surface area contributed by atoms with Gasteiger partial charge in [-0.15, -0.1) is 0 Å². The first kappa shape index (κ1) is 12.6. The Morgan fingerprint density at radius 2 is 1.61 bits per heavy atom. The number of fused-ring (bicyclic) bond motifs is 2. The van der Waals surface area contributed by atoms with Gasteiger partial charge >= 0.3 is 0 Å². The van der Waals surface area contributed by atoms with Crippen LogP contribution in [0.2, 0.25) is 10.0 Å². The number of benzene rings is 1. The third-order valence-electron chi connectivity index (χ3n) is 4.21. The van der Waals surface area contributed by atoms with Crippen molar-refractivity contribution in [3.63, 3.8) is 0 Å². The van der Waals surface area contributed by atoms with E-state index in [2.05, 4.69) is 4.90 Å².